The van der Waals surface area contributed by atoms with Crippen molar-refractivity contribution in [1.29, 1.82) is 0 Å². The number of halogens is 1. The molecule has 0 aliphatic carbocycles. The molecule has 0 fully saturated rings. The SMILES string of the molecule is Cc1sc(NC(=O)c2cccc3ccccc23)nc1-c1ccc(F)cc1. The van der Waals surface area contributed by atoms with Gasteiger partial charge in [0, 0.05) is 16.0 Å². The third-order valence-electron chi connectivity index (χ3n) is 4.17. The number of carbonyl (C=O) groups is 1. The van der Waals surface area contributed by atoms with Crippen molar-refractivity contribution < 1.29 is 9.18 Å². The molecule has 4 aromatic rings. The first kappa shape index (κ1) is 16.4. The third kappa shape index (κ3) is 3.09. The Balaban J connectivity index is 1.64. The van der Waals surface area contributed by atoms with Crippen LogP contribution in [0.25, 0.3) is 22.0 Å². The van der Waals surface area contributed by atoms with Crippen molar-refractivity contribution in [2.24, 2.45) is 0 Å². The number of thiazole rings is 1. The third-order valence-corrected chi connectivity index (χ3v) is 5.06. The molecule has 0 saturated heterocycles. The number of fused-ring (bicyclic) bond motifs is 1. The quantitative estimate of drug-likeness (QED) is 0.511. The molecule has 128 valence electrons. The van der Waals surface area contributed by atoms with Crippen LogP contribution in [0.15, 0.2) is 66.7 Å². The van der Waals surface area contributed by atoms with Crippen LogP contribution in [0.4, 0.5) is 9.52 Å². The summed E-state index contributed by atoms with van der Waals surface area (Å²) >= 11 is 1.40. The monoisotopic (exact) mass is 362 g/mol. The van der Waals surface area contributed by atoms with Crippen LogP contribution in [0.2, 0.25) is 0 Å². The van der Waals surface area contributed by atoms with Gasteiger partial charge in [-0.1, -0.05) is 36.4 Å². The number of amides is 1. The smallest absolute Gasteiger partial charge is 0.258 e. The second-order valence-corrected chi connectivity index (χ2v) is 7.11. The Labute approximate surface area is 154 Å². The molecule has 0 unspecified atom stereocenters. The summed E-state index contributed by atoms with van der Waals surface area (Å²) in [4.78, 5) is 18.2. The molecule has 1 heterocycles. The zero-order valence-corrected chi connectivity index (χ0v) is 14.8. The molecule has 1 amide bonds. The number of nitrogens with zero attached hydrogens (tertiary/aromatic N) is 1. The van der Waals surface area contributed by atoms with Crippen molar-refractivity contribution in [3.63, 3.8) is 0 Å². The predicted octanol–water partition coefficient (Wildman–Crippen LogP) is 5.66. The molecule has 0 bridgehead atoms. The normalized spacial score (nSPS) is 10.8. The maximum atomic E-state index is 13.1. The lowest BCUT2D eigenvalue weighted by molar-refractivity contribution is 0.102. The molecule has 0 aliphatic heterocycles. The van der Waals surface area contributed by atoms with Crippen molar-refractivity contribution in [3.05, 3.63) is 83.0 Å². The Kier molecular flexibility index (Phi) is 4.22. The van der Waals surface area contributed by atoms with Crippen LogP contribution in [0, 0.1) is 12.7 Å². The van der Waals surface area contributed by atoms with E-state index in [0.717, 1.165) is 26.9 Å². The molecule has 0 spiro atoms. The number of hydrogen-bond acceptors (Lipinski definition) is 3. The maximum Gasteiger partial charge on any atom is 0.258 e. The van der Waals surface area contributed by atoms with Crippen LogP contribution in [-0.4, -0.2) is 10.9 Å². The molecule has 3 nitrogen and oxygen atoms in total. The van der Waals surface area contributed by atoms with Gasteiger partial charge in [-0.15, -0.1) is 11.3 Å². The lowest BCUT2D eigenvalue weighted by Crippen LogP contribution is -2.12. The highest BCUT2D eigenvalue weighted by atomic mass is 32.1. The van der Waals surface area contributed by atoms with Gasteiger partial charge in [-0.25, -0.2) is 9.37 Å². The fourth-order valence-corrected chi connectivity index (χ4v) is 3.74. The summed E-state index contributed by atoms with van der Waals surface area (Å²) in [7, 11) is 0. The summed E-state index contributed by atoms with van der Waals surface area (Å²) < 4.78 is 13.1. The topological polar surface area (TPSA) is 42.0 Å². The van der Waals surface area contributed by atoms with Crippen molar-refractivity contribution in [2.45, 2.75) is 6.92 Å². The van der Waals surface area contributed by atoms with Crippen molar-refractivity contribution in [2.75, 3.05) is 5.32 Å². The number of aryl methyl sites for hydroxylation is 1. The molecule has 3 aromatic carbocycles. The van der Waals surface area contributed by atoms with Gasteiger partial charge in [0.2, 0.25) is 0 Å². The highest BCUT2D eigenvalue weighted by molar-refractivity contribution is 7.16. The highest BCUT2D eigenvalue weighted by Crippen LogP contribution is 2.31. The fourth-order valence-electron chi connectivity index (χ4n) is 2.91. The van der Waals surface area contributed by atoms with Crippen molar-refractivity contribution >= 4 is 33.1 Å². The van der Waals surface area contributed by atoms with E-state index in [9.17, 15) is 9.18 Å². The number of benzene rings is 3. The summed E-state index contributed by atoms with van der Waals surface area (Å²) in [6.45, 7) is 1.93. The second-order valence-electron chi connectivity index (χ2n) is 5.91. The van der Waals surface area contributed by atoms with E-state index in [0.29, 0.717) is 10.7 Å². The average Bonchev–Trinajstić information content (AvgIpc) is 3.02. The van der Waals surface area contributed by atoms with E-state index in [2.05, 4.69) is 10.3 Å². The molecule has 5 heteroatoms. The molecule has 26 heavy (non-hydrogen) atoms. The van der Waals surface area contributed by atoms with E-state index in [1.165, 1.54) is 23.5 Å². The molecule has 1 N–H and O–H groups in total. The second kappa shape index (κ2) is 6.69. The van der Waals surface area contributed by atoms with Crippen LogP contribution in [0.3, 0.4) is 0 Å². The summed E-state index contributed by atoms with van der Waals surface area (Å²) in [5.74, 6) is -0.479. The molecule has 0 saturated carbocycles. The molecule has 1 aromatic heterocycles. The molecular weight excluding hydrogens is 347 g/mol. The summed E-state index contributed by atoms with van der Waals surface area (Å²) in [5, 5.41) is 5.33. The number of carbonyl (C=O) groups excluding carboxylic acids is 1. The van der Waals surface area contributed by atoms with Gasteiger partial charge in [0.05, 0.1) is 5.69 Å². The number of hydrogen-bond donors (Lipinski definition) is 1. The molecule has 4 rings (SSSR count). The zero-order chi connectivity index (χ0) is 18.1. The first-order valence-corrected chi connectivity index (χ1v) is 8.96. The van der Waals surface area contributed by atoms with Gasteiger partial charge in [0.15, 0.2) is 5.13 Å². The average molecular weight is 362 g/mol. The zero-order valence-electron chi connectivity index (χ0n) is 14.0. The first-order chi connectivity index (χ1) is 12.6. The Bertz CT molecular complexity index is 1100. The predicted molar refractivity (Wildman–Crippen MR) is 104 cm³/mol. The number of aromatic nitrogens is 1. The van der Waals surface area contributed by atoms with E-state index in [1.807, 2.05) is 43.3 Å². The standard InChI is InChI=1S/C21H15FN2OS/c1-13-19(15-9-11-16(22)12-10-15)23-21(26-13)24-20(25)18-8-4-6-14-5-2-3-7-17(14)18/h2-12H,1H3,(H,23,24,25). The van der Waals surface area contributed by atoms with Gasteiger partial charge in [-0.3, -0.25) is 10.1 Å². The Morgan fingerprint density at radius 2 is 1.73 bits per heavy atom. The maximum absolute atomic E-state index is 13.1. The number of anilines is 1. The molecule has 0 atom stereocenters. The largest absolute Gasteiger partial charge is 0.298 e. The van der Waals surface area contributed by atoms with Crippen LogP contribution in [-0.2, 0) is 0 Å². The molecular formula is C21H15FN2OS. The van der Waals surface area contributed by atoms with Crippen molar-refractivity contribution in [1.82, 2.24) is 4.98 Å². The Hall–Kier alpha value is -3.05. The van der Waals surface area contributed by atoms with Crippen molar-refractivity contribution in [3.8, 4) is 11.3 Å². The number of rotatable bonds is 3. The molecule has 0 radical (unpaired) electrons. The Morgan fingerprint density at radius 1 is 1.00 bits per heavy atom. The fraction of sp³-hybridized carbons (Fsp3) is 0.0476. The molecule has 0 aliphatic rings. The minimum Gasteiger partial charge on any atom is -0.298 e. The van der Waals surface area contributed by atoms with E-state index in [-0.39, 0.29) is 11.7 Å². The van der Waals surface area contributed by atoms with E-state index in [1.54, 1.807) is 18.2 Å². The van der Waals surface area contributed by atoms with Crippen LogP contribution >= 0.6 is 11.3 Å². The van der Waals surface area contributed by atoms with Crippen LogP contribution in [0.5, 0.6) is 0 Å². The lowest BCUT2D eigenvalue weighted by Gasteiger charge is -2.06. The minimum atomic E-state index is -0.286. The minimum absolute atomic E-state index is 0.193. The van der Waals surface area contributed by atoms with Gasteiger partial charge in [0.1, 0.15) is 5.82 Å². The van der Waals surface area contributed by atoms with E-state index >= 15 is 0 Å². The van der Waals surface area contributed by atoms with Gasteiger partial charge in [-0.05, 0) is 48.0 Å². The van der Waals surface area contributed by atoms with Gasteiger partial charge in [0.25, 0.3) is 5.91 Å². The van der Waals surface area contributed by atoms with E-state index < -0.39 is 0 Å². The van der Waals surface area contributed by atoms with E-state index in [4.69, 9.17) is 0 Å². The summed E-state index contributed by atoms with van der Waals surface area (Å²) in [6.07, 6.45) is 0. The first-order valence-electron chi connectivity index (χ1n) is 8.14. The summed E-state index contributed by atoms with van der Waals surface area (Å²) in [6, 6.07) is 19.6. The summed E-state index contributed by atoms with van der Waals surface area (Å²) in [5.41, 5.74) is 2.19. The van der Waals surface area contributed by atoms with Crippen LogP contribution < -0.4 is 5.32 Å². The lowest BCUT2D eigenvalue weighted by atomic mass is 10.0. The van der Waals surface area contributed by atoms with Gasteiger partial charge >= 0.3 is 0 Å². The van der Waals surface area contributed by atoms with Crippen LogP contribution in [0.1, 0.15) is 15.2 Å². The van der Waals surface area contributed by atoms with Gasteiger partial charge < -0.3 is 0 Å². The Morgan fingerprint density at radius 3 is 2.54 bits per heavy atom. The highest BCUT2D eigenvalue weighted by Gasteiger charge is 2.15. The number of nitrogens with one attached hydrogen (secondary N) is 1. The van der Waals surface area contributed by atoms with Gasteiger partial charge in [-0.2, -0.15) is 0 Å².